The maximum Gasteiger partial charge on any atom is 0.216 e. The van der Waals surface area contributed by atoms with E-state index in [0.29, 0.717) is 23.2 Å². The van der Waals surface area contributed by atoms with Crippen molar-refractivity contribution in [2.24, 2.45) is 0 Å². The normalized spacial score (nSPS) is 22.0. The Bertz CT molecular complexity index is 485. The second kappa shape index (κ2) is 8.81. The summed E-state index contributed by atoms with van der Waals surface area (Å²) in [5.41, 5.74) is 1.06. The lowest BCUT2D eigenvalue weighted by Crippen LogP contribution is -2.37. The van der Waals surface area contributed by atoms with Crippen LogP contribution < -0.4 is 10.6 Å². The van der Waals surface area contributed by atoms with Crippen molar-refractivity contribution in [3.63, 3.8) is 0 Å². The quantitative estimate of drug-likeness (QED) is 0.878. The first kappa shape index (κ1) is 18.5. The van der Waals surface area contributed by atoms with Crippen LogP contribution in [0.2, 0.25) is 10.0 Å². The van der Waals surface area contributed by atoms with Crippen LogP contribution in [0.1, 0.15) is 18.4 Å². The van der Waals surface area contributed by atoms with E-state index >= 15 is 0 Å². The summed E-state index contributed by atoms with van der Waals surface area (Å²) in [5, 5.41) is 7.22. The molecule has 1 saturated heterocycles. The van der Waals surface area contributed by atoms with E-state index < -0.39 is 0 Å². The number of carbonyl (C=O) groups excluding carboxylic acids is 1. The van der Waals surface area contributed by atoms with Crippen LogP contribution in [0, 0.1) is 0 Å². The highest BCUT2D eigenvalue weighted by molar-refractivity contribution is 6.42. The first-order valence-electron chi connectivity index (χ1n) is 6.59. The van der Waals surface area contributed by atoms with E-state index in [4.69, 9.17) is 27.9 Å². The van der Waals surface area contributed by atoms with Crippen LogP contribution in [-0.4, -0.2) is 38.3 Å². The second-order valence-corrected chi connectivity index (χ2v) is 5.64. The smallest absolute Gasteiger partial charge is 0.216 e. The Morgan fingerprint density at radius 2 is 2.19 bits per heavy atom. The van der Waals surface area contributed by atoms with E-state index in [0.717, 1.165) is 18.7 Å². The molecule has 0 radical (unpaired) electrons. The summed E-state index contributed by atoms with van der Waals surface area (Å²) in [7, 11) is 0. The van der Waals surface area contributed by atoms with Gasteiger partial charge in [-0.1, -0.05) is 29.3 Å². The Morgan fingerprint density at radius 3 is 2.86 bits per heavy atom. The van der Waals surface area contributed by atoms with Crippen molar-refractivity contribution in [3.05, 3.63) is 33.8 Å². The minimum Gasteiger partial charge on any atom is -0.374 e. The summed E-state index contributed by atoms with van der Waals surface area (Å²) in [6.45, 7) is 4.20. The maximum atomic E-state index is 11.1. The first-order chi connectivity index (χ1) is 9.58. The summed E-state index contributed by atoms with van der Waals surface area (Å²) in [6.07, 6.45) is -0.0776. The molecule has 1 amide bonds. The van der Waals surface area contributed by atoms with Gasteiger partial charge in [0.15, 0.2) is 0 Å². The van der Waals surface area contributed by atoms with Crippen molar-refractivity contribution in [2.45, 2.75) is 18.9 Å². The molecule has 2 unspecified atom stereocenters. The molecule has 1 aromatic carbocycles. The van der Waals surface area contributed by atoms with Gasteiger partial charge in [-0.3, -0.25) is 4.79 Å². The fraction of sp³-hybridized carbons (Fsp3) is 0.500. The molecule has 1 heterocycles. The van der Waals surface area contributed by atoms with Gasteiger partial charge >= 0.3 is 0 Å². The highest BCUT2D eigenvalue weighted by Gasteiger charge is 2.26. The van der Waals surface area contributed by atoms with Crippen LogP contribution >= 0.6 is 35.6 Å². The van der Waals surface area contributed by atoms with Crippen LogP contribution in [-0.2, 0) is 9.53 Å². The van der Waals surface area contributed by atoms with E-state index in [1.54, 1.807) is 6.07 Å². The van der Waals surface area contributed by atoms with Crippen LogP contribution in [0.15, 0.2) is 18.2 Å². The standard InChI is InChI=1S/C14H18Cl2N2O2.ClH/c1-9(19)18-8-14-11(7-17-4-5-20-14)10-2-3-12(15)13(16)6-10;/h2-3,6,11,14,17H,4-5,7-8H2,1H3,(H,18,19);1H. The number of nitrogens with one attached hydrogen (secondary N) is 2. The van der Waals surface area contributed by atoms with Gasteiger partial charge in [0.2, 0.25) is 5.91 Å². The fourth-order valence-corrected chi connectivity index (χ4v) is 2.62. The van der Waals surface area contributed by atoms with E-state index in [9.17, 15) is 4.79 Å². The first-order valence-corrected chi connectivity index (χ1v) is 7.35. The molecule has 0 saturated carbocycles. The van der Waals surface area contributed by atoms with E-state index in [1.807, 2.05) is 12.1 Å². The molecule has 1 fully saturated rings. The van der Waals surface area contributed by atoms with Crippen molar-refractivity contribution in [1.29, 1.82) is 0 Å². The summed E-state index contributed by atoms with van der Waals surface area (Å²) < 4.78 is 5.84. The predicted octanol–water partition coefficient (Wildman–Crippen LogP) is 2.62. The topological polar surface area (TPSA) is 50.4 Å². The number of rotatable bonds is 3. The number of halogens is 3. The molecule has 118 valence electrons. The molecule has 2 N–H and O–H groups in total. The number of hydrogen-bond donors (Lipinski definition) is 2. The summed E-state index contributed by atoms with van der Waals surface area (Å²) in [4.78, 5) is 11.1. The Kier molecular flexibility index (Phi) is 7.77. The lowest BCUT2D eigenvalue weighted by molar-refractivity contribution is -0.119. The van der Waals surface area contributed by atoms with Crippen LogP contribution in [0.4, 0.5) is 0 Å². The van der Waals surface area contributed by atoms with Gasteiger partial charge in [-0.2, -0.15) is 0 Å². The van der Waals surface area contributed by atoms with Crippen molar-refractivity contribution < 1.29 is 9.53 Å². The Balaban J connectivity index is 0.00000220. The lowest BCUT2D eigenvalue weighted by Gasteiger charge is -2.25. The fourth-order valence-electron chi connectivity index (χ4n) is 2.31. The molecule has 2 atom stereocenters. The van der Waals surface area contributed by atoms with Crippen molar-refractivity contribution >= 4 is 41.5 Å². The van der Waals surface area contributed by atoms with Gasteiger partial charge in [0.1, 0.15) is 0 Å². The monoisotopic (exact) mass is 352 g/mol. The summed E-state index contributed by atoms with van der Waals surface area (Å²) >= 11 is 12.0. The zero-order valence-electron chi connectivity index (χ0n) is 11.7. The molecule has 4 nitrogen and oxygen atoms in total. The number of benzene rings is 1. The second-order valence-electron chi connectivity index (χ2n) is 4.83. The molecular weight excluding hydrogens is 335 g/mol. The number of ether oxygens (including phenoxy) is 1. The lowest BCUT2D eigenvalue weighted by atomic mass is 9.93. The van der Waals surface area contributed by atoms with E-state index in [2.05, 4.69) is 10.6 Å². The molecule has 21 heavy (non-hydrogen) atoms. The largest absolute Gasteiger partial charge is 0.374 e. The van der Waals surface area contributed by atoms with E-state index in [-0.39, 0.29) is 30.3 Å². The van der Waals surface area contributed by atoms with Gasteiger partial charge in [0, 0.05) is 32.5 Å². The Hall–Kier alpha value is -0.520. The molecule has 2 rings (SSSR count). The number of hydrogen-bond acceptors (Lipinski definition) is 3. The third-order valence-corrected chi connectivity index (χ3v) is 4.09. The van der Waals surface area contributed by atoms with Crippen LogP contribution in [0.3, 0.4) is 0 Å². The van der Waals surface area contributed by atoms with Gasteiger partial charge in [0.25, 0.3) is 0 Å². The van der Waals surface area contributed by atoms with Crippen LogP contribution in [0.25, 0.3) is 0 Å². The number of carbonyl (C=O) groups is 1. The van der Waals surface area contributed by atoms with Gasteiger partial charge in [0.05, 0.1) is 22.8 Å². The maximum absolute atomic E-state index is 11.1. The molecule has 0 bridgehead atoms. The molecule has 7 heteroatoms. The average molecular weight is 354 g/mol. The minimum atomic E-state index is -0.0776. The van der Waals surface area contributed by atoms with Crippen molar-refractivity contribution in [3.8, 4) is 0 Å². The summed E-state index contributed by atoms with van der Waals surface area (Å²) in [5.74, 6) is 0.0674. The molecule has 1 aliphatic heterocycles. The molecule has 0 spiro atoms. The third kappa shape index (κ3) is 5.31. The van der Waals surface area contributed by atoms with Gasteiger partial charge in [-0.05, 0) is 17.7 Å². The number of amides is 1. The predicted molar refractivity (Wildman–Crippen MR) is 87.7 cm³/mol. The third-order valence-electron chi connectivity index (χ3n) is 3.35. The van der Waals surface area contributed by atoms with Crippen molar-refractivity contribution in [2.75, 3.05) is 26.2 Å². The van der Waals surface area contributed by atoms with E-state index in [1.165, 1.54) is 6.92 Å². The minimum absolute atomic E-state index is 0. The van der Waals surface area contributed by atoms with Crippen LogP contribution in [0.5, 0.6) is 0 Å². The zero-order chi connectivity index (χ0) is 14.5. The van der Waals surface area contributed by atoms with Gasteiger partial charge in [-0.25, -0.2) is 0 Å². The highest BCUT2D eigenvalue weighted by Crippen LogP contribution is 2.29. The summed E-state index contributed by atoms with van der Waals surface area (Å²) in [6, 6.07) is 5.61. The zero-order valence-corrected chi connectivity index (χ0v) is 14.0. The highest BCUT2D eigenvalue weighted by atomic mass is 35.5. The molecule has 0 aliphatic carbocycles. The van der Waals surface area contributed by atoms with Gasteiger partial charge < -0.3 is 15.4 Å². The molecule has 1 aromatic rings. The average Bonchev–Trinajstić information content (AvgIpc) is 2.65. The molecular formula is C14H19Cl3N2O2. The SMILES string of the molecule is CC(=O)NCC1OCCNCC1c1ccc(Cl)c(Cl)c1.Cl. The molecule has 0 aromatic heterocycles. The Morgan fingerprint density at radius 1 is 1.43 bits per heavy atom. The van der Waals surface area contributed by atoms with Gasteiger partial charge in [-0.15, -0.1) is 12.4 Å². The van der Waals surface area contributed by atoms with Crippen molar-refractivity contribution in [1.82, 2.24) is 10.6 Å². The Labute approximate surface area is 140 Å². The molecule has 1 aliphatic rings.